The van der Waals surface area contributed by atoms with Gasteiger partial charge >= 0.3 is 0 Å². The van der Waals surface area contributed by atoms with Crippen LogP contribution in [0.15, 0.2) is 85.3 Å². The molecule has 0 unspecified atom stereocenters. The van der Waals surface area contributed by atoms with Crippen LogP contribution in [-0.2, 0) is 13.0 Å². The first-order chi connectivity index (χ1) is 16.6. The van der Waals surface area contributed by atoms with Crippen LogP contribution in [0.5, 0.6) is 0 Å². The molecule has 2 N–H and O–H groups in total. The van der Waals surface area contributed by atoms with Crippen molar-refractivity contribution < 1.29 is 4.79 Å². The Labute approximate surface area is 199 Å². The molecule has 7 heteroatoms. The number of benzene rings is 1. The summed E-state index contributed by atoms with van der Waals surface area (Å²) in [6.07, 6.45) is 5.96. The predicted molar refractivity (Wildman–Crippen MR) is 136 cm³/mol. The molecule has 0 spiro atoms. The van der Waals surface area contributed by atoms with Gasteiger partial charge in [0, 0.05) is 69.1 Å². The van der Waals surface area contributed by atoms with E-state index < -0.39 is 0 Å². The van der Waals surface area contributed by atoms with E-state index in [2.05, 4.69) is 37.6 Å². The number of pyridine rings is 3. The van der Waals surface area contributed by atoms with Gasteiger partial charge in [-0.15, -0.1) is 0 Å². The molecule has 172 valence electrons. The van der Waals surface area contributed by atoms with E-state index in [1.54, 1.807) is 18.6 Å². The van der Waals surface area contributed by atoms with Crippen LogP contribution in [0.2, 0.25) is 0 Å². The van der Waals surface area contributed by atoms with Crippen molar-refractivity contribution in [2.24, 2.45) is 0 Å². The molecule has 3 aromatic heterocycles. The lowest BCUT2D eigenvalue weighted by Crippen LogP contribution is -2.25. The highest BCUT2D eigenvalue weighted by atomic mass is 16.1. The molecule has 0 aliphatic heterocycles. The van der Waals surface area contributed by atoms with E-state index in [0.29, 0.717) is 24.5 Å². The molecular formula is C27H28N6O. The van der Waals surface area contributed by atoms with Crippen LogP contribution >= 0.6 is 0 Å². The molecule has 0 atom stereocenters. The van der Waals surface area contributed by atoms with E-state index in [-0.39, 0.29) is 5.91 Å². The number of rotatable bonds is 9. The number of amides is 1. The molecule has 1 amide bonds. The van der Waals surface area contributed by atoms with Crippen LogP contribution in [0, 0.1) is 0 Å². The molecule has 0 radical (unpaired) electrons. The molecule has 7 nitrogen and oxygen atoms in total. The molecule has 34 heavy (non-hydrogen) atoms. The van der Waals surface area contributed by atoms with Gasteiger partial charge in [0.1, 0.15) is 5.82 Å². The van der Waals surface area contributed by atoms with Gasteiger partial charge in [0.25, 0.3) is 5.91 Å². The van der Waals surface area contributed by atoms with Crippen molar-refractivity contribution in [2.45, 2.75) is 13.0 Å². The summed E-state index contributed by atoms with van der Waals surface area (Å²) in [5.41, 5.74) is 5.28. The maximum atomic E-state index is 13.0. The fourth-order valence-electron chi connectivity index (χ4n) is 3.52. The topological polar surface area (TPSA) is 83.0 Å². The Kier molecular flexibility index (Phi) is 7.45. The second-order valence-electron chi connectivity index (χ2n) is 8.08. The fraction of sp³-hybridized carbons (Fsp3) is 0.185. The molecule has 1 aromatic carbocycles. The van der Waals surface area contributed by atoms with E-state index in [9.17, 15) is 4.79 Å². The third-order valence-electron chi connectivity index (χ3n) is 5.37. The lowest BCUT2D eigenvalue weighted by Gasteiger charge is -2.15. The van der Waals surface area contributed by atoms with Gasteiger partial charge in [0.15, 0.2) is 0 Å². The Morgan fingerprint density at radius 1 is 0.971 bits per heavy atom. The highest BCUT2D eigenvalue weighted by molar-refractivity contribution is 5.99. The van der Waals surface area contributed by atoms with Crippen LogP contribution in [0.3, 0.4) is 0 Å². The third kappa shape index (κ3) is 5.95. The summed E-state index contributed by atoms with van der Waals surface area (Å²) in [7, 11) is 4.01. The predicted octanol–water partition coefficient (Wildman–Crippen LogP) is 4.19. The van der Waals surface area contributed by atoms with Crippen molar-refractivity contribution in [1.82, 2.24) is 20.3 Å². The number of anilines is 2. The Hall–Kier alpha value is -4.26. The quantitative estimate of drug-likeness (QED) is 0.396. The molecule has 0 saturated heterocycles. The van der Waals surface area contributed by atoms with Gasteiger partial charge in [-0.2, -0.15) is 0 Å². The number of carbonyl (C=O) groups excluding carboxylic acids is 1. The largest absolute Gasteiger partial charge is 0.378 e. The normalized spacial score (nSPS) is 10.5. The third-order valence-corrected chi connectivity index (χ3v) is 5.37. The van der Waals surface area contributed by atoms with Gasteiger partial charge < -0.3 is 15.5 Å². The first-order valence-corrected chi connectivity index (χ1v) is 11.2. The van der Waals surface area contributed by atoms with Crippen LogP contribution in [0.4, 0.5) is 11.5 Å². The molecule has 3 heterocycles. The molecule has 4 rings (SSSR count). The van der Waals surface area contributed by atoms with Gasteiger partial charge in [0.05, 0.1) is 11.3 Å². The monoisotopic (exact) mass is 452 g/mol. The van der Waals surface area contributed by atoms with Gasteiger partial charge in [-0.1, -0.05) is 24.3 Å². The van der Waals surface area contributed by atoms with Gasteiger partial charge in [-0.05, 0) is 48.0 Å². The van der Waals surface area contributed by atoms with Crippen molar-refractivity contribution in [3.63, 3.8) is 0 Å². The standard InChI is InChI=1S/C27H28N6O/c1-33(2)23-10-5-8-21(17-23)25-12-11-24(27(34)31-19-20-7-6-14-28-18-20)26(32-25)30-16-13-22-9-3-4-15-29-22/h3-12,14-15,17-18H,13,16,19H2,1-2H3,(H,30,32)(H,31,34). The van der Waals surface area contributed by atoms with Crippen molar-refractivity contribution >= 4 is 17.4 Å². The van der Waals surface area contributed by atoms with Crippen molar-refractivity contribution in [3.8, 4) is 11.3 Å². The van der Waals surface area contributed by atoms with E-state index in [4.69, 9.17) is 4.98 Å². The minimum absolute atomic E-state index is 0.190. The fourth-order valence-corrected chi connectivity index (χ4v) is 3.52. The lowest BCUT2D eigenvalue weighted by atomic mass is 10.1. The van der Waals surface area contributed by atoms with E-state index >= 15 is 0 Å². The number of carbonyl (C=O) groups is 1. The van der Waals surface area contributed by atoms with Crippen molar-refractivity contribution in [2.75, 3.05) is 30.9 Å². The second-order valence-corrected chi connectivity index (χ2v) is 8.08. The minimum atomic E-state index is -0.190. The maximum Gasteiger partial charge on any atom is 0.255 e. The molecule has 0 aliphatic carbocycles. The number of hydrogen-bond acceptors (Lipinski definition) is 6. The number of aromatic nitrogens is 3. The Morgan fingerprint density at radius 2 is 1.88 bits per heavy atom. The lowest BCUT2D eigenvalue weighted by molar-refractivity contribution is 0.0951. The van der Waals surface area contributed by atoms with Crippen LogP contribution in [-0.4, -0.2) is 41.5 Å². The van der Waals surface area contributed by atoms with E-state index in [0.717, 1.165) is 34.6 Å². The summed E-state index contributed by atoms with van der Waals surface area (Å²) in [5, 5.41) is 6.32. The zero-order chi connectivity index (χ0) is 23.8. The SMILES string of the molecule is CN(C)c1cccc(-c2ccc(C(=O)NCc3cccnc3)c(NCCc3ccccn3)n2)c1. The zero-order valence-corrected chi connectivity index (χ0v) is 19.4. The number of hydrogen-bond donors (Lipinski definition) is 2. The number of nitrogens with zero attached hydrogens (tertiary/aromatic N) is 4. The van der Waals surface area contributed by atoms with E-state index in [1.165, 1.54) is 0 Å². The summed E-state index contributed by atoms with van der Waals surface area (Å²) < 4.78 is 0. The first-order valence-electron chi connectivity index (χ1n) is 11.2. The highest BCUT2D eigenvalue weighted by Crippen LogP contribution is 2.25. The van der Waals surface area contributed by atoms with E-state index in [1.807, 2.05) is 68.7 Å². The number of nitrogens with one attached hydrogen (secondary N) is 2. The molecular weight excluding hydrogens is 424 g/mol. The molecule has 4 aromatic rings. The average Bonchev–Trinajstić information content (AvgIpc) is 2.88. The summed E-state index contributed by atoms with van der Waals surface area (Å²) in [5.74, 6) is 0.359. The molecule has 0 saturated carbocycles. The Morgan fingerprint density at radius 3 is 2.65 bits per heavy atom. The van der Waals surface area contributed by atoms with Crippen LogP contribution in [0.1, 0.15) is 21.6 Å². The van der Waals surface area contributed by atoms with Gasteiger partial charge in [-0.25, -0.2) is 4.98 Å². The maximum absolute atomic E-state index is 13.0. The van der Waals surface area contributed by atoms with Crippen molar-refractivity contribution in [3.05, 3.63) is 102 Å². The van der Waals surface area contributed by atoms with Crippen LogP contribution in [0.25, 0.3) is 11.3 Å². The highest BCUT2D eigenvalue weighted by Gasteiger charge is 2.15. The summed E-state index contributed by atoms with van der Waals surface area (Å²) in [4.78, 5) is 28.4. The molecule has 0 fully saturated rings. The summed E-state index contributed by atoms with van der Waals surface area (Å²) in [6, 6.07) is 21.5. The average molecular weight is 453 g/mol. The Balaban J connectivity index is 1.57. The first kappa shape index (κ1) is 22.9. The minimum Gasteiger partial charge on any atom is -0.378 e. The molecule has 0 bridgehead atoms. The Bertz CT molecular complexity index is 1230. The molecule has 0 aliphatic rings. The van der Waals surface area contributed by atoms with Crippen molar-refractivity contribution in [1.29, 1.82) is 0 Å². The second kappa shape index (κ2) is 11.0. The van der Waals surface area contributed by atoms with Crippen LogP contribution < -0.4 is 15.5 Å². The summed E-state index contributed by atoms with van der Waals surface area (Å²) in [6.45, 7) is 1.00. The van der Waals surface area contributed by atoms with Gasteiger partial charge in [0.2, 0.25) is 0 Å². The zero-order valence-electron chi connectivity index (χ0n) is 19.4. The van der Waals surface area contributed by atoms with Gasteiger partial charge in [-0.3, -0.25) is 14.8 Å². The summed E-state index contributed by atoms with van der Waals surface area (Å²) >= 11 is 0. The smallest absolute Gasteiger partial charge is 0.255 e.